The van der Waals surface area contributed by atoms with Gasteiger partial charge in [0.05, 0.1) is 13.0 Å². The lowest BCUT2D eigenvalue weighted by Gasteiger charge is -2.38. The summed E-state index contributed by atoms with van der Waals surface area (Å²) in [5.74, 6) is 0.134. The van der Waals surface area contributed by atoms with Gasteiger partial charge >= 0.3 is 0 Å². The Kier molecular flexibility index (Phi) is 2.57. The van der Waals surface area contributed by atoms with Crippen LogP contribution in [0.15, 0.2) is 0 Å². The van der Waals surface area contributed by atoms with Crippen molar-refractivity contribution in [3.63, 3.8) is 0 Å². The normalized spacial score (nSPS) is 27.5. The Bertz CT molecular complexity index is 286. The van der Waals surface area contributed by atoms with Gasteiger partial charge in [0.2, 0.25) is 5.91 Å². The molecule has 0 bridgehead atoms. The standard InChI is InChI=1S/C12H19NO2/c1-12(2)5-3-9(4-6-12)13-8-10(14)7-11(13)15/h9H,3-8H2,1-2H3. The second-order valence-corrected chi connectivity index (χ2v) is 5.63. The van der Waals surface area contributed by atoms with E-state index in [0.717, 1.165) is 25.7 Å². The van der Waals surface area contributed by atoms with Gasteiger partial charge in [-0.2, -0.15) is 0 Å². The fraction of sp³-hybridized carbons (Fsp3) is 0.833. The molecule has 0 unspecified atom stereocenters. The van der Waals surface area contributed by atoms with Gasteiger partial charge in [-0.15, -0.1) is 0 Å². The van der Waals surface area contributed by atoms with Gasteiger partial charge in [-0.1, -0.05) is 13.8 Å². The van der Waals surface area contributed by atoms with E-state index in [1.165, 1.54) is 0 Å². The van der Waals surface area contributed by atoms with Crippen molar-refractivity contribution in [3.05, 3.63) is 0 Å². The number of ketones is 1. The monoisotopic (exact) mass is 209 g/mol. The molecule has 0 aromatic carbocycles. The van der Waals surface area contributed by atoms with Crippen LogP contribution in [0.4, 0.5) is 0 Å². The molecule has 0 atom stereocenters. The highest BCUT2D eigenvalue weighted by atomic mass is 16.2. The smallest absolute Gasteiger partial charge is 0.230 e. The van der Waals surface area contributed by atoms with Gasteiger partial charge in [0.1, 0.15) is 0 Å². The van der Waals surface area contributed by atoms with E-state index in [9.17, 15) is 9.59 Å². The lowest BCUT2D eigenvalue weighted by atomic mass is 9.75. The second-order valence-electron chi connectivity index (χ2n) is 5.63. The number of hydrogen-bond donors (Lipinski definition) is 0. The van der Waals surface area contributed by atoms with Crippen molar-refractivity contribution in [3.8, 4) is 0 Å². The fourth-order valence-corrected chi connectivity index (χ4v) is 2.63. The summed E-state index contributed by atoms with van der Waals surface area (Å²) in [4.78, 5) is 24.5. The summed E-state index contributed by atoms with van der Waals surface area (Å²) in [6, 6.07) is 0.331. The van der Waals surface area contributed by atoms with Crippen molar-refractivity contribution in [2.75, 3.05) is 6.54 Å². The zero-order valence-electron chi connectivity index (χ0n) is 9.58. The van der Waals surface area contributed by atoms with E-state index in [1.54, 1.807) is 4.90 Å². The van der Waals surface area contributed by atoms with Crippen LogP contribution in [0.2, 0.25) is 0 Å². The molecule has 0 aromatic rings. The highest BCUT2D eigenvalue weighted by Gasteiger charge is 2.36. The SMILES string of the molecule is CC1(C)CCC(N2CC(=O)CC2=O)CC1. The van der Waals surface area contributed by atoms with Crippen LogP contribution < -0.4 is 0 Å². The lowest BCUT2D eigenvalue weighted by Crippen LogP contribution is -2.40. The zero-order chi connectivity index (χ0) is 11.1. The highest BCUT2D eigenvalue weighted by molar-refractivity contribution is 6.05. The molecule has 2 aliphatic rings. The molecule has 1 saturated carbocycles. The van der Waals surface area contributed by atoms with E-state index in [2.05, 4.69) is 13.8 Å². The molecular formula is C12H19NO2. The van der Waals surface area contributed by atoms with E-state index in [-0.39, 0.29) is 18.1 Å². The molecule has 1 aliphatic carbocycles. The number of likely N-dealkylation sites (tertiary alicyclic amines) is 1. The molecule has 2 fully saturated rings. The van der Waals surface area contributed by atoms with Crippen LogP contribution in [0.1, 0.15) is 46.0 Å². The Morgan fingerprint density at radius 2 is 1.80 bits per heavy atom. The minimum Gasteiger partial charge on any atom is -0.332 e. The van der Waals surface area contributed by atoms with E-state index in [0.29, 0.717) is 18.0 Å². The number of nitrogens with zero attached hydrogens (tertiary/aromatic N) is 1. The van der Waals surface area contributed by atoms with Crippen LogP contribution >= 0.6 is 0 Å². The van der Waals surface area contributed by atoms with E-state index in [4.69, 9.17) is 0 Å². The molecule has 3 nitrogen and oxygen atoms in total. The third kappa shape index (κ3) is 2.21. The Labute approximate surface area is 90.8 Å². The van der Waals surface area contributed by atoms with Crippen molar-refractivity contribution in [2.45, 2.75) is 52.0 Å². The van der Waals surface area contributed by atoms with Gasteiger partial charge in [-0.25, -0.2) is 0 Å². The summed E-state index contributed by atoms with van der Waals surface area (Å²) in [5, 5.41) is 0. The molecule has 0 aromatic heterocycles. The van der Waals surface area contributed by atoms with Gasteiger partial charge in [0.15, 0.2) is 5.78 Å². The highest BCUT2D eigenvalue weighted by Crippen LogP contribution is 2.37. The average molecular weight is 209 g/mol. The maximum Gasteiger partial charge on any atom is 0.230 e. The van der Waals surface area contributed by atoms with Crippen molar-refractivity contribution < 1.29 is 9.59 Å². The molecule has 3 heteroatoms. The maximum atomic E-state index is 11.6. The van der Waals surface area contributed by atoms with Gasteiger partial charge in [0.25, 0.3) is 0 Å². The summed E-state index contributed by atoms with van der Waals surface area (Å²) in [7, 11) is 0. The average Bonchev–Trinajstić information content (AvgIpc) is 2.45. The van der Waals surface area contributed by atoms with Gasteiger partial charge in [-0.05, 0) is 31.1 Å². The fourth-order valence-electron chi connectivity index (χ4n) is 2.63. The van der Waals surface area contributed by atoms with Gasteiger partial charge in [-0.3, -0.25) is 9.59 Å². The van der Waals surface area contributed by atoms with Crippen molar-refractivity contribution in [2.24, 2.45) is 5.41 Å². The van der Waals surface area contributed by atoms with Crippen LogP contribution in [0.25, 0.3) is 0 Å². The molecule has 1 saturated heterocycles. The first-order valence-corrected chi connectivity index (χ1v) is 5.79. The molecule has 1 heterocycles. The van der Waals surface area contributed by atoms with Gasteiger partial charge < -0.3 is 4.90 Å². The molecule has 15 heavy (non-hydrogen) atoms. The van der Waals surface area contributed by atoms with Crippen molar-refractivity contribution in [1.29, 1.82) is 0 Å². The van der Waals surface area contributed by atoms with E-state index in [1.807, 2.05) is 0 Å². The molecule has 0 spiro atoms. The number of rotatable bonds is 1. The summed E-state index contributed by atoms with van der Waals surface area (Å²) < 4.78 is 0. The predicted molar refractivity (Wildman–Crippen MR) is 57.4 cm³/mol. The van der Waals surface area contributed by atoms with Crippen LogP contribution in [0, 0.1) is 5.41 Å². The minimum absolute atomic E-state index is 0.0460. The van der Waals surface area contributed by atoms with Crippen molar-refractivity contribution in [1.82, 2.24) is 4.90 Å². The van der Waals surface area contributed by atoms with Crippen LogP contribution in [0.5, 0.6) is 0 Å². The molecule has 2 rings (SSSR count). The maximum absolute atomic E-state index is 11.6. The first kappa shape index (κ1) is 10.7. The summed E-state index contributed by atoms with van der Waals surface area (Å²) in [6.07, 6.45) is 4.59. The van der Waals surface area contributed by atoms with Gasteiger partial charge in [0, 0.05) is 6.04 Å². The largest absolute Gasteiger partial charge is 0.332 e. The first-order chi connectivity index (χ1) is 6.98. The van der Waals surface area contributed by atoms with E-state index < -0.39 is 0 Å². The second kappa shape index (κ2) is 3.62. The Hall–Kier alpha value is -0.860. The Morgan fingerprint density at radius 1 is 1.20 bits per heavy atom. The number of hydrogen-bond acceptors (Lipinski definition) is 2. The van der Waals surface area contributed by atoms with Crippen LogP contribution in [0.3, 0.4) is 0 Å². The number of carbonyl (C=O) groups excluding carboxylic acids is 2. The van der Waals surface area contributed by atoms with E-state index >= 15 is 0 Å². The molecular weight excluding hydrogens is 190 g/mol. The Balaban J connectivity index is 1.96. The van der Waals surface area contributed by atoms with Crippen LogP contribution in [-0.4, -0.2) is 29.2 Å². The minimum atomic E-state index is 0.0460. The first-order valence-electron chi connectivity index (χ1n) is 5.79. The number of Topliss-reactive ketones (excluding diaryl/α,β-unsaturated/α-hetero) is 1. The summed E-state index contributed by atoms with van der Waals surface area (Å²) in [5.41, 5.74) is 0.420. The third-order valence-corrected chi connectivity index (χ3v) is 3.76. The zero-order valence-corrected chi connectivity index (χ0v) is 9.58. The quantitative estimate of drug-likeness (QED) is 0.617. The molecule has 1 aliphatic heterocycles. The summed E-state index contributed by atoms with van der Waals surface area (Å²) >= 11 is 0. The predicted octanol–water partition coefficient (Wildman–Crippen LogP) is 1.76. The lowest BCUT2D eigenvalue weighted by molar-refractivity contribution is -0.130. The van der Waals surface area contributed by atoms with Crippen LogP contribution in [-0.2, 0) is 9.59 Å². The number of amides is 1. The topological polar surface area (TPSA) is 37.4 Å². The van der Waals surface area contributed by atoms with Crippen molar-refractivity contribution >= 4 is 11.7 Å². The molecule has 1 amide bonds. The Morgan fingerprint density at radius 3 is 2.27 bits per heavy atom. The molecule has 0 radical (unpaired) electrons. The molecule has 0 N–H and O–H groups in total. The molecule has 84 valence electrons. The number of carbonyl (C=O) groups is 2. The third-order valence-electron chi connectivity index (χ3n) is 3.76. The summed E-state index contributed by atoms with van der Waals surface area (Å²) in [6.45, 7) is 4.92.